The predicted octanol–water partition coefficient (Wildman–Crippen LogP) is 14.6. The molecule has 6 rings (SSSR count). The summed E-state index contributed by atoms with van der Waals surface area (Å²) >= 11 is 0. The van der Waals surface area contributed by atoms with Crippen LogP contribution in [0.1, 0.15) is 128 Å². The number of nitrogens with zero attached hydrogens (tertiary/aromatic N) is 2. The molecular weight excluding hydrogens is 893 g/mol. The van der Waals surface area contributed by atoms with Crippen LogP contribution in [0.3, 0.4) is 0 Å². The number of hydrogen-bond donors (Lipinski definition) is 1. The fourth-order valence-electron chi connectivity index (χ4n) is 7.99. The van der Waals surface area contributed by atoms with E-state index in [-0.39, 0.29) is 83.6 Å². The van der Waals surface area contributed by atoms with Gasteiger partial charge in [-0.3, -0.25) is 9.78 Å². The van der Waals surface area contributed by atoms with Crippen molar-refractivity contribution in [2.75, 3.05) is 0 Å². The fraction of sp³-hybridized carbons (Fsp3) is 0.481. The number of ketones is 1. The average Bonchev–Trinajstić information content (AvgIpc) is 3.57. The Kier molecular flexibility index (Phi) is 12.1. The number of allylic oxidation sites excluding steroid dienone is 2. The zero-order chi connectivity index (χ0) is 46.7. The molecule has 1 N–H and O–H groups in total. The van der Waals surface area contributed by atoms with Crippen LogP contribution in [0.25, 0.3) is 54.9 Å². The third-order valence-electron chi connectivity index (χ3n) is 12.8. The monoisotopic (exact) mass is 966 g/mol. The Balaban J connectivity index is 0.000000339. The molecule has 1 radical (unpaired) electrons. The van der Waals surface area contributed by atoms with E-state index in [0.717, 1.165) is 32.5 Å². The number of carbonyl (C=O) groups excluding carboxylic acids is 1. The van der Waals surface area contributed by atoms with Crippen LogP contribution in [-0.4, -0.2) is 20.9 Å². The molecule has 4 aromatic carbocycles. The summed E-state index contributed by atoms with van der Waals surface area (Å²) in [6.45, 7) is 28.4. The number of benzene rings is 4. The Morgan fingerprint density at radius 1 is 0.810 bits per heavy atom. The van der Waals surface area contributed by atoms with Crippen molar-refractivity contribution in [1.82, 2.24) is 9.97 Å². The molecule has 0 aliphatic rings. The largest absolute Gasteiger partial charge is 0.512 e. The van der Waals surface area contributed by atoms with Gasteiger partial charge in [-0.25, -0.2) is 0 Å². The summed E-state index contributed by atoms with van der Waals surface area (Å²) in [5.74, 6) is 0.799. The SMILES string of the molecule is CC(C)C(C)(C(=O)/C=C(\O)C(C)(C(C)C)C(C)C)C(C)C.[2H]C([2H])([2H])c1nc(-c2[c-]c3ccccc3c(C(C)(C)C)c2)c2c(n1)oc1c3ccc(C([2H])([2H])C(C)C)cc3ccc12.[Ir]. The van der Waals surface area contributed by atoms with Crippen LogP contribution < -0.4 is 0 Å². The van der Waals surface area contributed by atoms with E-state index < -0.39 is 18.6 Å². The maximum absolute atomic E-state index is 12.8. The number of rotatable bonds is 10. The van der Waals surface area contributed by atoms with Gasteiger partial charge in [0, 0.05) is 65.7 Å². The minimum atomic E-state index is -2.54. The van der Waals surface area contributed by atoms with Gasteiger partial charge in [0.2, 0.25) is 5.71 Å². The number of furan rings is 1. The zero-order valence-electron chi connectivity index (χ0n) is 42.2. The Labute approximate surface area is 368 Å². The fourth-order valence-corrected chi connectivity index (χ4v) is 7.99. The van der Waals surface area contributed by atoms with Crippen LogP contribution in [0.5, 0.6) is 0 Å². The summed E-state index contributed by atoms with van der Waals surface area (Å²) in [6.07, 6.45) is 0.0148. The van der Waals surface area contributed by atoms with E-state index in [2.05, 4.69) is 98.3 Å². The molecule has 0 bridgehead atoms. The number of aliphatic hydroxyl groups is 1. The van der Waals surface area contributed by atoms with Gasteiger partial charge < -0.3 is 9.52 Å². The van der Waals surface area contributed by atoms with Gasteiger partial charge in [0.1, 0.15) is 17.2 Å². The van der Waals surface area contributed by atoms with Crippen molar-refractivity contribution in [3.05, 3.63) is 95.5 Å². The molecular formula is C52H67IrN2O3-. The summed E-state index contributed by atoms with van der Waals surface area (Å²) in [4.78, 5) is 21.8. The van der Waals surface area contributed by atoms with E-state index in [0.29, 0.717) is 27.8 Å². The Morgan fingerprint density at radius 2 is 1.41 bits per heavy atom. The third kappa shape index (κ3) is 8.99. The van der Waals surface area contributed by atoms with Crippen molar-refractivity contribution in [2.45, 2.75) is 122 Å². The maximum Gasteiger partial charge on any atom is 0.223 e. The zero-order valence-corrected chi connectivity index (χ0v) is 39.6. The molecule has 0 spiro atoms. The Morgan fingerprint density at radius 3 is 1.98 bits per heavy atom. The summed E-state index contributed by atoms with van der Waals surface area (Å²) < 4.78 is 47.6. The Hall–Kier alpha value is -3.86. The molecule has 0 unspecified atom stereocenters. The van der Waals surface area contributed by atoms with E-state index >= 15 is 0 Å². The van der Waals surface area contributed by atoms with Crippen LogP contribution in [0.15, 0.2) is 76.9 Å². The number of carbonyl (C=O) groups is 1. The quantitative estimate of drug-likeness (QED) is 0.0841. The molecule has 6 aromatic rings. The van der Waals surface area contributed by atoms with Crippen molar-refractivity contribution in [2.24, 2.45) is 40.4 Å². The van der Waals surface area contributed by atoms with Crippen LogP contribution in [0.4, 0.5) is 0 Å². The van der Waals surface area contributed by atoms with Crippen molar-refractivity contribution >= 4 is 49.4 Å². The molecule has 0 saturated carbocycles. The molecule has 0 amide bonds. The van der Waals surface area contributed by atoms with Gasteiger partial charge in [-0.1, -0.05) is 163 Å². The van der Waals surface area contributed by atoms with Crippen LogP contribution in [0, 0.1) is 53.3 Å². The minimum absolute atomic E-state index is 0. The van der Waals surface area contributed by atoms with Gasteiger partial charge >= 0.3 is 0 Å². The second-order valence-corrected chi connectivity index (χ2v) is 18.8. The smallest absolute Gasteiger partial charge is 0.223 e. The van der Waals surface area contributed by atoms with Gasteiger partial charge in [-0.15, -0.1) is 29.1 Å². The molecule has 5 nitrogen and oxygen atoms in total. The summed E-state index contributed by atoms with van der Waals surface area (Å²) in [5.41, 5.74) is 2.60. The molecule has 0 saturated heterocycles. The molecule has 2 heterocycles. The maximum atomic E-state index is 12.8. The molecule has 313 valence electrons. The van der Waals surface area contributed by atoms with Crippen LogP contribution >= 0.6 is 0 Å². The Bertz CT molecular complexity index is 2630. The minimum Gasteiger partial charge on any atom is -0.512 e. The second-order valence-electron chi connectivity index (χ2n) is 18.8. The second kappa shape index (κ2) is 17.8. The molecule has 0 aliphatic carbocycles. The molecule has 0 fully saturated rings. The summed E-state index contributed by atoms with van der Waals surface area (Å²) in [7, 11) is 0. The van der Waals surface area contributed by atoms with E-state index in [4.69, 9.17) is 11.3 Å². The van der Waals surface area contributed by atoms with E-state index in [1.54, 1.807) is 6.07 Å². The molecule has 2 aromatic heterocycles. The van der Waals surface area contributed by atoms with Crippen LogP contribution in [0.2, 0.25) is 0 Å². The van der Waals surface area contributed by atoms with E-state index in [9.17, 15) is 9.90 Å². The van der Waals surface area contributed by atoms with Gasteiger partial charge in [-0.2, -0.15) is 4.98 Å². The first-order valence-electron chi connectivity index (χ1n) is 23.1. The molecule has 58 heavy (non-hydrogen) atoms. The number of aromatic nitrogens is 2. The van der Waals surface area contributed by atoms with E-state index in [1.807, 2.05) is 76.2 Å². The number of fused-ring (bicyclic) bond motifs is 6. The first kappa shape index (κ1) is 39.6. The number of hydrogen-bond acceptors (Lipinski definition) is 5. The van der Waals surface area contributed by atoms with Gasteiger partial charge in [0.05, 0.1) is 0 Å². The van der Waals surface area contributed by atoms with Gasteiger partial charge in [0.25, 0.3) is 0 Å². The molecule has 6 heteroatoms. The van der Waals surface area contributed by atoms with Crippen molar-refractivity contribution in [1.29, 1.82) is 0 Å². The standard InChI is InChI=1S/C33H31N2O.C19H36O2.Ir/c1-19(2)15-21-11-13-26-23(16-21)12-14-27-29-30(34-20(3)35-32(29)36-31(26)27)24-17-22-9-7-8-10-25(22)28(18-24)33(4,5)6;1-12(2)18(9,13(3)4)16(20)11-17(21)19(10,14(5)6)15(7)8;/h7-14,16,18-19H,15H2,1-6H3;11-15,20H,1-10H3;/q-1;;/b;16-11-;/i3D3,15D2;;. The van der Waals surface area contributed by atoms with Crippen molar-refractivity contribution in [3.63, 3.8) is 0 Å². The third-order valence-corrected chi connectivity index (χ3v) is 12.8. The van der Waals surface area contributed by atoms with Crippen molar-refractivity contribution < 1.29 is 41.3 Å². The van der Waals surface area contributed by atoms with Gasteiger partial charge in [0.15, 0.2) is 5.78 Å². The number of aliphatic hydroxyl groups excluding tert-OH is 1. The molecule has 0 atom stereocenters. The first-order chi connectivity index (χ1) is 28.5. The number of aryl methyl sites for hydroxylation is 1. The van der Waals surface area contributed by atoms with Crippen molar-refractivity contribution in [3.8, 4) is 11.3 Å². The summed E-state index contributed by atoms with van der Waals surface area (Å²) in [5, 5.41) is 15.7. The normalized spacial score (nSPS) is 14.8. The molecule has 0 aliphatic heterocycles. The topological polar surface area (TPSA) is 76.2 Å². The average molecular weight is 965 g/mol. The predicted molar refractivity (Wildman–Crippen MR) is 242 cm³/mol. The van der Waals surface area contributed by atoms with Crippen LogP contribution in [-0.2, 0) is 36.7 Å². The van der Waals surface area contributed by atoms with E-state index in [1.165, 1.54) is 6.08 Å². The first-order valence-corrected chi connectivity index (χ1v) is 20.6. The van der Waals surface area contributed by atoms with Gasteiger partial charge in [-0.05, 0) is 59.2 Å². The summed E-state index contributed by atoms with van der Waals surface area (Å²) in [6, 6.07) is 23.0.